The van der Waals surface area contributed by atoms with Gasteiger partial charge in [0.15, 0.2) is 5.13 Å². The smallest absolute Gasteiger partial charge is 0.412 e. The minimum atomic E-state index is -0.635. The minimum absolute atomic E-state index is 0.364. The molecule has 1 aliphatic rings. The fraction of sp³-hybridized carbons (Fsp3) is 0.233. The Labute approximate surface area is 214 Å². The van der Waals surface area contributed by atoms with Crippen LogP contribution in [0.15, 0.2) is 72.8 Å². The molecule has 1 amide bonds. The minimum Gasteiger partial charge on any atom is -0.496 e. The third-order valence-electron chi connectivity index (χ3n) is 6.58. The van der Waals surface area contributed by atoms with Crippen LogP contribution in [0.4, 0.5) is 14.9 Å². The lowest BCUT2D eigenvalue weighted by Crippen LogP contribution is -2.16. The Bertz CT molecular complexity index is 1390. The molecule has 1 N–H and O–H groups in total. The van der Waals surface area contributed by atoms with Crippen molar-refractivity contribution in [3.8, 4) is 27.3 Å². The van der Waals surface area contributed by atoms with E-state index in [2.05, 4.69) is 29.6 Å². The molecule has 4 nitrogen and oxygen atoms in total. The number of hydrogen-bond donors (Lipinski definition) is 1. The van der Waals surface area contributed by atoms with Gasteiger partial charge in [-0.3, -0.25) is 5.32 Å². The number of amides is 1. The van der Waals surface area contributed by atoms with Crippen LogP contribution in [0.5, 0.6) is 5.75 Å². The van der Waals surface area contributed by atoms with Gasteiger partial charge in [0.05, 0.1) is 17.7 Å². The first kappa shape index (κ1) is 24.1. The lowest BCUT2D eigenvalue weighted by molar-refractivity contribution is 0.121. The third kappa shape index (κ3) is 5.14. The molecule has 3 aromatic carbocycles. The summed E-state index contributed by atoms with van der Waals surface area (Å²) in [6.45, 7) is 3.79. The maximum Gasteiger partial charge on any atom is 0.412 e. The fourth-order valence-electron chi connectivity index (χ4n) is 4.50. The van der Waals surface area contributed by atoms with Gasteiger partial charge in [-0.05, 0) is 66.5 Å². The quantitative estimate of drug-likeness (QED) is 0.275. The summed E-state index contributed by atoms with van der Waals surface area (Å²) in [7, 11) is 1.62. The summed E-state index contributed by atoms with van der Waals surface area (Å²) in [5.41, 5.74) is 6.48. The molecule has 1 fully saturated rings. The highest BCUT2D eigenvalue weighted by atomic mass is 32.1. The SMILES string of the molecule is COc1cc(-c2sc(F)cc2NC(=O)OC(C)c2ccccc2C)ccc1-c1ccc(C2CC2)cc1. The van der Waals surface area contributed by atoms with E-state index in [0.29, 0.717) is 22.2 Å². The second kappa shape index (κ2) is 10.2. The van der Waals surface area contributed by atoms with E-state index in [1.807, 2.05) is 56.3 Å². The largest absolute Gasteiger partial charge is 0.496 e. The molecule has 0 radical (unpaired) electrons. The summed E-state index contributed by atoms with van der Waals surface area (Å²) >= 11 is 0.968. The first-order valence-electron chi connectivity index (χ1n) is 12.0. The zero-order chi connectivity index (χ0) is 25.2. The van der Waals surface area contributed by atoms with Crippen molar-refractivity contribution in [1.82, 2.24) is 0 Å². The van der Waals surface area contributed by atoms with Gasteiger partial charge in [0.2, 0.25) is 0 Å². The van der Waals surface area contributed by atoms with Gasteiger partial charge in [-0.2, -0.15) is 4.39 Å². The van der Waals surface area contributed by atoms with Gasteiger partial charge in [-0.1, -0.05) is 60.7 Å². The van der Waals surface area contributed by atoms with Gasteiger partial charge in [0, 0.05) is 11.6 Å². The maximum atomic E-state index is 14.3. The Morgan fingerprint density at radius 1 is 1.03 bits per heavy atom. The molecule has 5 rings (SSSR count). The van der Waals surface area contributed by atoms with E-state index >= 15 is 0 Å². The summed E-state index contributed by atoms with van der Waals surface area (Å²) in [5, 5.41) is 2.33. The zero-order valence-electron chi connectivity index (χ0n) is 20.5. The molecule has 0 saturated heterocycles. The zero-order valence-corrected chi connectivity index (χ0v) is 21.3. The molecule has 0 spiro atoms. The number of carbonyl (C=O) groups excluding carboxylic acids is 1. The highest BCUT2D eigenvalue weighted by Gasteiger charge is 2.23. The molecule has 1 atom stereocenters. The first-order valence-corrected chi connectivity index (χ1v) is 12.9. The summed E-state index contributed by atoms with van der Waals surface area (Å²) in [6, 6.07) is 23.4. The van der Waals surface area contributed by atoms with Crippen LogP contribution in [0, 0.1) is 12.1 Å². The van der Waals surface area contributed by atoms with Crippen molar-refractivity contribution in [1.29, 1.82) is 0 Å². The molecule has 0 aliphatic heterocycles. The second-order valence-corrected chi connectivity index (χ2v) is 10.1. The van der Waals surface area contributed by atoms with E-state index in [1.165, 1.54) is 24.5 Å². The Morgan fingerprint density at radius 2 is 1.75 bits per heavy atom. The van der Waals surface area contributed by atoms with Crippen LogP contribution in [0.1, 0.15) is 48.5 Å². The molecule has 4 aromatic rings. The molecule has 36 heavy (non-hydrogen) atoms. The van der Waals surface area contributed by atoms with Crippen LogP contribution < -0.4 is 10.1 Å². The van der Waals surface area contributed by atoms with Crippen molar-refractivity contribution in [2.24, 2.45) is 0 Å². The number of hydrogen-bond acceptors (Lipinski definition) is 4. The topological polar surface area (TPSA) is 47.6 Å². The van der Waals surface area contributed by atoms with Gasteiger partial charge in [-0.15, -0.1) is 11.3 Å². The molecule has 0 bridgehead atoms. The number of nitrogens with one attached hydrogen (secondary N) is 1. The lowest BCUT2D eigenvalue weighted by atomic mass is 9.99. The van der Waals surface area contributed by atoms with Crippen LogP contribution >= 0.6 is 11.3 Å². The van der Waals surface area contributed by atoms with Crippen molar-refractivity contribution in [3.05, 3.63) is 94.6 Å². The Kier molecular flexibility index (Phi) is 6.79. The number of benzene rings is 3. The number of anilines is 1. The fourth-order valence-corrected chi connectivity index (χ4v) is 5.33. The molecule has 1 aromatic heterocycles. The van der Waals surface area contributed by atoms with Crippen molar-refractivity contribution in [2.45, 2.75) is 38.7 Å². The molecular weight excluding hydrogens is 473 g/mol. The van der Waals surface area contributed by atoms with Crippen LogP contribution in [-0.4, -0.2) is 13.2 Å². The summed E-state index contributed by atoms with van der Waals surface area (Å²) < 4.78 is 25.6. The van der Waals surface area contributed by atoms with Crippen molar-refractivity contribution >= 4 is 23.1 Å². The molecule has 184 valence electrons. The van der Waals surface area contributed by atoms with Crippen LogP contribution in [-0.2, 0) is 4.74 Å². The second-order valence-electron chi connectivity index (χ2n) is 9.13. The molecule has 1 saturated carbocycles. The van der Waals surface area contributed by atoms with Gasteiger partial charge >= 0.3 is 6.09 Å². The standard InChI is InChI=1S/C30H28FNO3S/c1-18-6-4-5-7-24(18)19(2)35-30(33)32-26-17-28(31)36-29(26)23-14-15-25(27(16-23)34-3)22-12-10-21(11-13-22)20-8-9-20/h4-7,10-17,19-20H,8-9H2,1-3H3,(H,32,33). The normalized spacial score (nSPS) is 13.8. The summed E-state index contributed by atoms with van der Waals surface area (Å²) in [6.07, 6.45) is 1.46. The summed E-state index contributed by atoms with van der Waals surface area (Å²) in [4.78, 5) is 13.3. The Balaban J connectivity index is 1.36. The predicted octanol–water partition coefficient (Wildman–Crippen LogP) is 8.73. The number of thiophene rings is 1. The summed E-state index contributed by atoms with van der Waals surface area (Å²) in [5.74, 6) is 1.39. The number of carbonyl (C=O) groups is 1. The molecule has 1 heterocycles. The third-order valence-corrected chi connectivity index (χ3v) is 7.56. The Hall–Kier alpha value is -3.64. The van der Waals surface area contributed by atoms with E-state index in [-0.39, 0.29) is 0 Å². The van der Waals surface area contributed by atoms with Crippen molar-refractivity contribution in [3.63, 3.8) is 0 Å². The number of methoxy groups -OCH3 is 1. The van der Waals surface area contributed by atoms with E-state index in [9.17, 15) is 9.18 Å². The van der Waals surface area contributed by atoms with E-state index in [4.69, 9.17) is 9.47 Å². The van der Waals surface area contributed by atoms with Crippen molar-refractivity contribution in [2.75, 3.05) is 12.4 Å². The predicted molar refractivity (Wildman–Crippen MR) is 143 cm³/mol. The molecule has 1 unspecified atom stereocenters. The van der Waals surface area contributed by atoms with Crippen molar-refractivity contribution < 1.29 is 18.7 Å². The highest BCUT2D eigenvalue weighted by Crippen LogP contribution is 2.43. The number of aryl methyl sites for hydroxylation is 1. The van der Waals surface area contributed by atoms with Crippen LogP contribution in [0.2, 0.25) is 0 Å². The maximum absolute atomic E-state index is 14.3. The van der Waals surface area contributed by atoms with Gasteiger partial charge in [0.1, 0.15) is 11.9 Å². The monoisotopic (exact) mass is 501 g/mol. The highest BCUT2D eigenvalue weighted by molar-refractivity contribution is 7.14. The lowest BCUT2D eigenvalue weighted by Gasteiger charge is -2.16. The van der Waals surface area contributed by atoms with E-state index in [1.54, 1.807) is 7.11 Å². The van der Waals surface area contributed by atoms with Gasteiger partial charge < -0.3 is 9.47 Å². The number of halogens is 1. The van der Waals surface area contributed by atoms with Gasteiger partial charge in [0.25, 0.3) is 0 Å². The molecule has 1 aliphatic carbocycles. The van der Waals surface area contributed by atoms with E-state index < -0.39 is 17.3 Å². The Morgan fingerprint density at radius 3 is 2.44 bits per heavy atom. The molecular formula is C30H28FNO3S. The average Bonchev–Trinajstić information content (AvgIpc) is 3.66. The average molecular weight is 502 g/mol. The molecule has 6 heteroatoms. The van der Waals surface area contributed by atoms with Crippen LogP contribution in [0.25, 0.3) is 21.6 Å². The van der Waals surface area contributed by atoms with Gasteiger partial charge in [-0.25, -0.2) is 4.79 Å². The van der Waals surface area contributed by atoms with E-state index in [0.717, 1.165) is 39.2 Å². The number of rotatable bonds is 7. The van der Waals surface area contributed by atoms with Crippen LogP contribution in [0.3, 0.4) is 0 Å². The number of ether oxygens (including phenoxy) is 2. The first-order chi connectivity index (χ1) is 17.4.